The van der Waals surface area contributed by atoms with Crippen LogP contribution in [0.1, 0.15) is 23.6 Å². The summed E-state index contributed by atoms with van der Waals surface area (Å²) in [5, 5.41) is 0.787. The van der Waals surface area contributed by atoms with E-state index in [0.717, 1.165) is 0 Å². The lowest BCUT2D eigenvalue weighted by molar-refractivity contribution is -0.129. The van der Waals surface area contributed by atoms with Gasteiger partial charge in [-0.2, -0.15) is 0 Å². The second-order valence-corrected chi connectivity index (χ2v) is 7.82. The summed E-state index contributed by atoms with van der Waals surface area (Å²) in [6.45, 7) is 2.29. The van der Waals surface area contributed by atoms with Gasteiger partial charge in [-0.3, -0.25) is 0 Å². The van der Waals surface area contributed by atoms with Crippen LogP contribution in [0, 0.1) is 5.82 Å². The molecule has 3 aromatic rings. The van der Waals surface area contributed by atoms with Gasteiger partial charge in [-0.25, -0.2) is 14.2 Å². The van der Waals surface area contributed by atoms with Crippen molar-refractivity contribution in [3.63, 3.8) is 0 Å². The van der Waals surface area contributed by atoms with E-state index in [1.807, 2.05) is 6.92 Å². The Bertz CT molecular complexity index is 1270. The summed E-state index contributed by atoms with van der Waals surface area (Å²) < 4.78 is 30.6. The summed E-state index contributed by atoms with van der Waals surface area (Å²) in [5.41, 5.74) is 1.65. The molecule has 1 aliphatic heterocycles. The molecule has 3 aromatic carbocycles. The molecule has 0 N–H and O–H groups in total. The van der Waals surface area contributed by atoms with Crippen LogP contribution in [0.3, 0.4) is 0 Å². The van der Waals surface area contributed by atoms with Crippen LogP contribution in [-0.2, 0) is 16.1 Å². The smallest absolute Gasteiger partial charge is 0.363 e. The summed E-state index contributed by atoms with van der Waals surface area (Å²) in [6.07, 6.45) is 1.57. The summed E-state index contributed by atoms with van der Waals surface area (Å²) in [6, 6.07) is 16.4. The first kappa shape index (κ1) is 22.8. The average molecular weight is 486 g/mol. The highest BCUT2D eigenvalue weighted by molar-refractivity contribution is 6.37. The third-order valence-electron chi connectivity index (χ3n) is 4.69. The zero-order valence-electron chi connectivity index (χ0n) is 17.5. The summed E-state index contributed by atoms with van der Waals surface area (Å²) in [5.74, 6) is 0.0653. The van der Waals surface area contributed by atoms with Crippen molar-refractivity contribution in [2.24, 2.45) is 4.99 Å². The van der Waals surface area contributed by atoms with Gasteiger partial charge >= 0.3 is 5.97 Å². The van der Waals surface area contributed by atoms with Crippen LogP contribution in [0.25, 0.3) is 6.08 Å². The lowest BCUT2D eigenvalue weighted by Gasteiger charge is -2.13. The number of cyclic esters (lactones) is 1. The molecule has 1 aliphatic rings. The van der Waals surface area contributed by atoms with E-state index in [2.05, 4.69) is 4.99 Å². The molecule has 1 heterocycles. The minimum atomic E-state index is -0.603. The normalized spacial score (nSPS) is 14.2. The first-order chi connectivity index (χ1) is 15.9. The number of benzene rings is 3. The molecule has 33 heavy (non-hydrogen) atoms. The second kappa shape index (κ2) is 10.1. The molecule has 0 saturated heterocycles. The topological polar surface area (TPSA) is 57.1 Å². The maximum Gasteiger partial charge on any atom is 0.363 e. The van der Waals surface area contributed by atoms with Gasteiger partial charge in [0.05, 0.1) is 17.2 Å². The van der Waals surface area contributed by atoms with Gasteiger partial charge < -0.3 is 14.2 Å². The molecule has 0 fully saturated rings. The molecule has 8 heteroatoms. The lowest BCUT2D eigenvalue weighted by atomic mass is 10.1. The fraction of sp³-hybridized carbons (Fsp3) is 0.120. The van der Waals surface area contributed by atoms with Gasteiger partial charge in [0.1, 0.15) is 12.4 Å². The Kier molecular flexibility index (Phi) is 6.96. The van der Waals surface area contributed by atoms with Crippen LogP contribution in [-0.4, -0.2) is 18.5 Å². The number of hydrogen-bond acceptors (Lipinski definition) is 5. The SMILES string of the molecule is CCOc1cc(/C=C2\N=C(c3ccc(Cl)cc3Cl)OC2=O)ccc1OCc1ccccc1F. The Hall–Kier alpha value is -3.35. The fourth-order valence-corrected chi connectivity index (χ4v) is 3.61. The Morgan fingerprint density at radius 3 is 2.61 bits per heavy atom. The minimum absolute atomic E-state index is 0.0506. The molecule has 0 amide bonds. The van der Waals surface area contributed by atoms with Crippen molar-refractivity contribution < 1.29 is 23.4 Å². The third kappa shape index (κ3) is 5.35. The molecule has 0 aliphatic carbocycles. The summed E-state index contributed by atoms with van der Waals surface area (Å²) in [7, 11) is 0. The van der Waals surface area contributed by atoms with Crippen LogP contribution >= 0.6 is 23.2 Å². The van der Waals surface area contributed by atoms with Crippen molar-refractivity contribution in [3.8, 4) is 11.5 Å². The van der Waals surface area contributed by atoms with Crippen LogP contribution in [0.5, 0.6) is 11.5 Å². The van der Waals surface area contributed by atoms with Gasteiger partial charge in [-0.05, 0) is 55.0 Å². The molecule has 5 nitrogen and oxygen atoms in total. The van der Waals surface area contributed by atoms with Gasteiger partial charge in [0.25, 0.3) is 0 Å². The van der Waals surface area contributed by atoms with Crippen LogP contribution in [0.2, 0.25) is 10.0 Å². The Morgan fingerprint density at radius 1 is 1.03 bits per heavy atom. The lowest BCUT2D eigenvalue weighted by Crippen LogP contribution is -2.06. The fourth-order valence-electron chi connectivity index (χ4n) is 3.12. The van der Waals surface area contributed by atoms with Crippen LogP contribution < -0.4 is 9.47 Å². The van der Waals surface area contributed by atoms with Gasteiger partial charge in [0.15, 0.2) is 17.2 Å². The zero-order valence-corrected chi connectivity index (χ0v) is 19.0. The first-order valence-electron chi connectivity index (χ1n) is 10.1. The molecule has 0 radical (unpaired) electrons. The number of nitrogens with zero attached hydrogens (tertiary/aromatic N) is 1. The number of hydrogen-bond donors (Lipinski definition) is 0. The highest BCUT2D eigenvalue weighted by atomic mass is 35.5. The van der Waals surface area contributed by atoms with Crippen LogP contribution in [0.15, 0.2) is 71.4 Å². The predicted octanol–water partition coefficient (Wildman–Crippen LogP) is 6.45. The number of carbonyl (C=O) groups excluding carboxylic acids is 1. The van der Waals surface area contributed by atoms with Gasteiger partial charge in [0, 0.05) is 10.6 Å². The van der Waals surface area contributed by atoms with E-state index in [1.54, 1.807) is 60.7 Å². The Balaban J connectivity index is 1.58. The van der Waals surface area contributed by atoms with Crippen molar-refractivity contribution in [2.75, 3.05) is 6.61 Å². The number of carbonyl (C=O) groups is 1. The van der Waals surface area contributed by atoms with Crippen molar-refractivity contribution >= 4 is 41.1 Å². The summed E-state index contributed by atoms with van der Waals surface area (Å²) in [4.78, 5) is 16.6. The molecule has 0 spiro atoms. The number of esters is 1. The molecule has 0 bridgehead atoms. The quantitative estimate of drug-likeness (QED) is 0.284. The van der Waals surface area contributed by atoms with Crippen molar-refractivity contribution in [1.82, 2.24) is 0 Å². The van der Waals surface area contributed by atoms with E-state index in [0.29, 0.717) is 44.8 Å². The average Bonchev–Trinajstić information content (AvgIpc) is 3.14. The van der Waals surface area contributed by atoms with Crippen molar-refractivity contribution in [3.05, 3.63) is 98.9 Å². The number of rotatable bonds is 7. The van der Waals surface area contributed by atoms with Crippen molar-refractivity contribution in [1.29, 1.82) is 0 Å². The van der Waals surface area contributed by atoms with E-state index in [1.165, 1.54) is 6.07 Å². The molecule has 0 aromatic heterocycles. The summed E-state index contributed by atoms with van der Waals surface area (Å²) >= 11 is 12.1. The monoisotopic (exact) mass is 485 g/mol. The largest absolute Gasteiger partial charge is 0.490 e. The van der Waals surface area contributed by atoms with E-state index in [9.17, 15) is 9.18 Å². The zero-order chi connectivity index (χ0) is 23.4. The number of aliphatic imine (C=N–C) groups is 1. The van der Waals surface area contributed by atoms with E-state index in [-0.39, 0.29) is 24.0 Å². The standard InChI is InChI=1S/C25H18Cl2FNO4/c1-2-31-23-12-15(7-10-22(23)32-14-16-5-3-4-6-20(16)28)11-21-25(30)33-24(29-21)18-9-8-17(26)13-19(18)27/h3-13H,2,14H2,1H3/b21-11-. The van der Waals surface area contributed by atoms with Crippen LogP contribution in [0.4, 0.5) is 4.39 Å². The molecule has 0 atom stereocenters. The molecule has 4 rings (SSSR count). The van der Waals surface area contributed by atoms with E-state index in [4.69, 9.17) is 37.4 Å². The van der Waals surface area contributed by atoms with Gasteiger partial charge in [0.2, 0.25) is 5.90 Å². The molecular formula is C25H18Cl2FNO4. The highest BCUT2D eigenvalue weighted by Crippen LogP contribution is 2.31. The molecule has 168 valence electrons. The number of ether oxygens (including phenoxy) is 3. The molecular weight excluding hydrogens is 468 g/mol. The maximum absolute atomic E-state index is 13.9. The van der Waals surface area contributed by atoms with E-state index >= 15 is 0 Å². The Morgan fingerprint density at radius 2 is 1.85 bits per heavy atom. The second-order valence-electron chi connectivity index (χ2n) is 6.98. The highest BCUT2D eigenvalue weighted by Gasteiger charge is 2.26. The predicted molar refractivity (Wildman–Crippen MR) is 125 cm³/mol. The first-order valence-corrected chi connectivity index (χ1v) is 10.8. The molecule has 0 saturated carbocycles. The minimum Gasteiger partial charge on any atom is -0.490 e. The maximum atomic E-state index is 13.9. The van der Waals surface area contributed by atoms with Gasteiger partial charge in [-0.1, -0.05) is 47.5 Å². The van der Waals surface area contributed by atoms with Crippen molar-refractivity contribution in [2.45, 2.75) is 13.5 Å². The van der Waals surface area contributed by atoms with E-state index < -0.39 is 5.97 Å². The Labute approximate surface area is 200 Å². The van der Waals surface area contributed by atoms with Gasteiger partial charge in [-0.15, -0.1) is 0 Å². The third-order valence-corrected chi connectivity index (χ3v) is 5.24. The number of halogens is 3. The molecule has 0 unspecified atom stereocenters.